The van der Waals surface area contributed by atoms with Gasteiger partial charge in [0.1, 0.15) is 5.84 Å². The third kappa shape index (κ3) is 3.99. The molecule has 5 heteroatoms. The van der Waals surface area contributed by atoms with Gasteiger partial charge in [0.25, 0.3) is 0 Å². The summed E-state index contributed by atoms with van der Waals surface area (Å²) in [4.78, 5) is 14.7. The number of amides is 1. The van der Waals surface area contributed by atoms with E-state index in [0.29, 0.717) is 11.5 Å². The Bertz CT molecular complexity index is 373. The third-order valence-corrected chi connectivity index (χ3v) is 2.00. The molecule has 0 unspecified atom stereocenters. The minimum Gasteiger partial charge on any atom is -0.386 e. The van der Waals surface area contributed by atoms with Gasteiger partial charge in [0.2, 0.25) is 5.91 Å². The maximum Gasteiger partial charge on any atom is 0.221 e. The average Bonchev–Trinajstić information content (AvgIpc) is 2.20. The first kappa shape index (κ1) is 11.5. The van der Waals surface area contributed by atoms with E-state index in [-0.39, 0.29) is 18.2 Å². The number of amidine groups is 1. The van der Waals surface area contributed by atoms with E-state index in [1.54, 1.807) is 24.3 Å². The number of aliphatic imine (C=N–C) groups is 1. The predicted molar refractivity (Wildman–Crippen MR) is 61.3 cm³/mol. The van der Waals surface area contributed by atoms with E-state index in [4.69, 9.17) is 23.1 Å². The van der Waals surface area contributed by atoms with E-state index in [2.05, 4.69) is 4.99 Å². The Morgan fingerprint density at radius 3 is 2.33 bits per heavy atom. The van der Waals surface area contributed by atoms with Crippen LogP contribution in [0.3, 0.4) is 0 Å². The number of carbonyl (C=O) groups is 1. The number of nitrogens with zero attached hydrogens (tertiary/aromatic N) is 1. The Morgan fingerprint density at radius 1 is 1.27 bits per heavy atom. The average molecular weight is 226 g/mol. The van der Waals surface area contributed by atoms with Crippen molar-refractivity contribution in [2.24, 2.45) is 16.5 Å². The molecule has 0 aromatic heterocycles. The summed E-state index contributed by atoms with van der Waals surface area (Å²) < 4.78 is 0. The summed E-state index contributed by atoms with van der Waals surface area (Å²) in [5.74, 6) is 0.203. The third-order valence-electron chi connectivity index (χ3n) is 1.72. The lowest BCUT2D eigenvalue weighted by Gasteiger charge is -1.99. The number of rotatable bonds is 4. The lowest BCUT2D eigenvalue weighted by atomic mass is 10.1. The molecule has 15 heavy (non-hydrogen) atoms. The summed E-state index contributed by atoms with van der Waals surface area (Å²) in [6, 6.07) is 7.09. The van der Waals surface area contributed by atoms with Crippen molar-refractivity contribution in [2.45, 2.75) is 6.42 Å². The minimum atomic E-state index is -0.355. The molecule has 80 valence electrons. The Kier molecular flexibility index (Phi) is 4.12. The van der Waals surface area contributed by atoms with Crippen LogP contribution in [0.5, 0.6) is 0 Å². The first-order valence-electron chi connectivity index (χ1n) is 4.38. The molecule has 4 N–H and O–H groups in total. The number of hydrogen-bond acceptors (Lipinski definition) is 2. The van der Waals surface area contributed by atoms with E-state index < -0.39 is 0 Å². The van der Waals surface area contributed by atoms with E-state index in [1.807, 2.05) is 0 Å². The Labute approximate surface area is 92.9 Å². The molecule has 0 bridgehead atoms. The summed E-state index contributed by atoms with van der Waals surface area (Å²) in [6.45, 7) is 0. The number of hydrogen-bond donors (Lipinski definition) is 2. The van der Waals surface area contributed by atoms with Crippen LogP contribution in [0.4, 0.5) is 5.69 Å². The highest BCUT2D eigenvalue weighted by atomic mass is 35.5. The molecular weight excluding hydrogens is 214 g/mol. The quantitative estimate of drug-likeness (QED) is 0.454. The molecular formula is C10H12ClN3O. The number of halogens is 1. The van der Waals surface area contributed by atoms with Gasteiger partial charge in [0.15, 0.2) is 0 Å². The second-order valence-corrected chi connectivity index (χ2v) is 3.31. The predicted octanol–water partition coefficient (Wildman–Crippen LogP) is 0.942. The van der Waals surface area contributed by atoms with Crippen LogP contribution in [0.1, 0.15) is 5.56 Å². The summed E-state index contributed by atoms with van der Waals surface area (Å²) in [6.07, 6.45) is 0.231. The molecule has 1 amide bonds. The second kappa shape index (κ2) is 5.36. The van der Waals surface area contributed by atoms with E-state index in [1.165, 1.54) is 0 Å². The molecule has 1 aromatic carbocycles. The van der Waals surface area contributed by atoms with E-state index in [9.17, 15) is 4.79 Å². The highest BCUT2D eigenvalue weighted by Gasteiger charge is 1.98. The van der Waals surface area contributed by atoms with Gasteiger partial charge in [-0.1, -0.05) is 12.1 Å². The second-order valence-electron chi connectivity index (χ2n) is 3.05. The molecule has 0 aliphatic heterocycles. The molecule has 0 radical (unpaired) electrons. The van der Waals surface area contributed by atoms with Gasteiger partial charge in [-0.15, -0.1) is 11.6 Å². The number of carbonyl (C=O) groups excluding carboxylic acids is 1. The lowest BCUT2D eigenvalue weighted by molar-refractivity contribution is -0.117. The number of primary amides is 1. The highest BCUT2D eigenvalue weighted by molar-refractivity contribution is 6.28. The number of nitrogens with two attached hydrogens (primary N) is 2. The molecule has 0 saturated carbocycles. The lowest BCUT2D eigenvalue weighted by Crippen LogP contribution is -2.13. The van der Waals surface area contributed by atoms with Gasteiger partial charge >= 0.3 is 0 Å². The van der Waals surface area contributed by atoms with Crippen molar-refractivity contribution in [1.29, 1.82) is 0 Å². The Balaban J connectivity index is 2.76. The Hall–Kier alpha value is -1.55. The van der Waals surface area contributed by atoms with Crippen LogP contribution in [-0.2, 0) is 11.2 Å². The van der Waals surface area contributed by atoms with Crippen molar-refractivity contribution in [3.63, 3.8) is 0 Å². The topological polar surface area (TPSA) is 81.5 Å². The summed E-state index contributed by atoms with van der Waals surface area (Å²) in [5.41, 5.74) is 12.1. The fourth-order valence-corrected chi connectivity index (χ4v) is 1.14. The number of benzene rings is 1. The SMILES string of the molecule is NC(=O)Cc1ccc(N=C(N)CCl)cc1. The molecule has 1 rings (SSSR count). The maximum atomic E-state index is 10.6. The van der Waals surface area contributed by atoms with Crippen molar-refractivity contribution in [1.82, 2.24) is 0 Å². The molecule has 0 fully saturated rings. The van der Waals surface area contributed by atoms with Crippen molar-refractivity contribution in [2.75, 3.05) is 5.88 Å². The summed E-state index contributed by atoms with van der Waals surface area (Å²) in [7, 11) is 0. The van der Waals surface area contributed by atoms with Crippen LogP contribution in [0.15, 0.2) is 29.3 Å². The number of alkyl halides is 1. The zero-order valence-electron chi connectivity index (χ0n) is 8.11. The van der Waals surface area contributed by atoms with Crippen molar-refractivity contribution in [3.05, 3.63) is 29.8 Å². The van der Waals surface area contributed by atoms with Crippen molar-refractivity contribution in [3.8, 4) is 0 Å². The van der Waals surface area contributed by atoms with Gasteiger partial charge in [-0.3, -0.25) is 4.79 Å². The zero-order valence-corrected chi connectivity index (χ0v) is 8.87. The molecule has 0 spiro atoms. The zero-order chi connectivity index (χ0) is 11.3. The van der Waals surface area contributed by atoms with Crippen LogP contribution < -0.4 is 11.5 Å². The Morgan fingerprint density at radius 2 is 1.87 bits per heavy atom. The molecule has 0 aliphatic rings. The van der Waals surface area contributed by atoms with E-state index >= 15 is 0 Å². The van der Waals surface area contributed by atoms with Crippen molar-refractivity contribution < 1.29 is 4.79 Å². The molecule has 0 atom stereocenters. The largest absolute Gasteiger partial charge is 0.386 e. The molecule has 4 nitrogen and oxygen atoms in total. The molecule has 0 aliphatic carbocycles. The minimum absolute atomic E-state index is 0.197. The normalized spacial score (nSPS) is 11.4. The van der Waals surface area contributed by atoms with Gasteiger partial charge in [-0.05, 0) is 17.7 Å². The smallest absolute Gasteiger partial charge is 0.221 e. The summed E-state index contributed by atoms with van der Waals surface area (Å²) >= 11 is 5.49. The maximum absolute atomic E-state index is 10.6. The van der Waals surface area contributed by atoms with Crippen LogP contribution in [0, 0.1) is 0 Å². The fourth-order valence-electron chi connectivity index (χ4n) is 1.09. The van der Waals surface area contributed by atoms with Gasteiger partial charge < -0.3 is 11.5 Å². The van der Waals surface area contributed by atoms with Gasteiger partial charge in [-0.2, -0.15) is 0 Å². The molecule has 0 heterocycles. The molecule has 1 aromatic rings. The first-order valence-corrected chi connectivity index (χ1v) is 4.91. The van der Waals surface area contributed by atoms with Crippen LogP contribution >= 0.6 is 11.6 Å². The van der Waals surface area contributed by atoms with Gasteiger partial charge in [0, 0.05) is 0 Å². The summed E-state index contributed by atoms with van der Waals surface area (Å²) in [5, 5.41) is 0. The monoisotopic (exact) mass is 225 g/mol. The van der Waals surface area contributed by atoms with Gasteiger partial charge in [0.05, 0.1) is 18.0 Å². The van der Waals surface area contributed by atoms with Crippen LogP contribution in [0.2, 0.25) is 0 Å². The highest BCUT2D eigenvalue weighted by Crippen LogP contribution is 2.13. The molecule has 0 saturated heterocycles. The van der Waals surface area contributed by atoms with E-state index in [0.717, 1.165) is 5.56 Å². The van der Waals surface area contributed by atoms with Gasteiger partial charge in [-0.25, -0.2) is 4.99 Å². The first-order chi connectivity index (χ1) is 7.11. The standard InChI is InChI=1S/C10H12ClN3O/c11-6-9(12)14-8-3-1-7(2-4-8)5-10(13)15/h1-4H,5-6H2,(H2,12,14)(H2,13,15). The fraction of sp³-hybridized carbons (Fsp3) is 0.200. The van der Waals surface area contributed by atoms with Crippen LogP contribution in [-0.4, -0.2) is 17.6 Å². The van der Waals surface area contributed by atoms with Crippen molar-refractivity contribution >= 4 is 29.0 Å². The van der Waals surface area contributed by atoms with Crippen LogP contribution in [0.25, 0.3) is 0 Å².